The van der Waals surface area contributed by atoms with Gasteiger partial charge in [0.2, 0.25) is 5.91 Å². The number of pyridine rings is 1. The van der Waals surface area contributed by atoms with E-state index in [-0.39, 0.29) is 11.7 Å². The summed E-state index contributed by atoms with van der Waals surface area (Å²) in [6.07, 6.45) is 3.41. The monoisotopic (exact) mass is 479 g/mol. The Morgan fingerprint density at radius 3 is 2.61 bits per heavy atom. The molecule has 0 radical (unpaired) electrons. The molecule has 0 atom stereocenters. The van der Waals surface area contributed by atoms with Crippen LogP contribution in [0.4, 0.5) is 5.69 Å². The molecule has 0 saturated heterocycles. The Hall–Kier alpha value is -3.50. The molecule has 0 unspecified atom stereocenters. The normalized spacial score (nSPS) is 10.8. The van der Waals surface area contributed by atoms with Crippen molar-refractivity contribution in [3.8, 4) is 17.1 Å². The highest BCUT2D eigenvalue weighted by Gasteiger charge is 2.19. The Labute approximate surface area is 199 Å². The van der Waals surface area contributed by atoms with Crippen LogP contribution in [0.25, 0.3) is 17.1 Å². The highest BCUT2D eigenvalue weighted by molar-refractivity contribution is 7.99. The molecule has 10 heteroatoms. The quantitative estimate of drug-likeness (QED) is 0.307. The maximum atomic E-state index is 12.6. The van der Waals surface area contributed by atoms with Gasteiger partial charge in [-0.05, 0) is 60.7 Å². The van der Waals surface area contributed by atoms with Crippen molar-refractivity contribution in [3.63, 3.8) is 0 Å². The van der Waals surface area contributed by atoms with Crippen molar-refractivity contribution in [3.05, 3.63) is 70.2 Å². The summed E-state index contributed by atoms with van der Waals surface area (Å²) >= 11 is 2.48. The van der Waals surface area contributed by atoms with Gasteiger partial charge in [0, 0.05) is 18.0 Å². The summed E-state index contributed by atoms with van der Waals surface area (Å²) in [5.41, 5.74) is 4.54. The number of esters is 1. The van der Waals surface area contributed by atoms with Gasteiger partial charge in [-0.1, -0.05) is 17.8 Å². The molecule has 0 bridgehead atoms. The van der Waals surface area contributed by atoms with E-state index in [2.05, 4.69) is 40.4 Å². The molecule has 1 amide bonds. The molecular formula is C23H21N5O3S2. The summed E-state index contributed by atoms with van der Waals surface area (Å²) in [4.78, 5) is 28.9. The number of ether oxygens (including phenoxy) is 1. The van der Waals surface area contributed by atoms with Crippen LogP contribution in [0.2, 0.25) is 0 Å². The van der Waals surface area contributed by atoms with Crippen molar-refractivity contribution in [2.45, 2.75) is 19.0 Å². The third-order valence-corrected chi connectivity index (χ3v) is 6.79. The lowest BCUT2D eigenvalue weighted by molar-refractivity contribution is -0.113. The van der Waals surface area contributed by atoms with E-state index in [0.29, 0.717) is 21.5 Å². The van der Waals surface area contributed by atoms with Gasteiger partial charge in [-0.15, -0.1) is 21.5 Å². The summed E-state index contributed by atoms with van der Waals surface area (Å²) in [5, 5.41) is 13.8. The standard InChI is InChI=1S/C23H21N5O3S2/c1-14-4-5-17(12-15(14)2)28-21(16-6-9-24-10-7-16)26-27-23(28)33-13-19(29)25-18-8-11-32-20(18)22(30)31-3/h4-12H,13H2,1-3H3,(H,25,29). The van der Waals surface area contributed by atoms with Crippen LogP contribution in [0.15, 0.2) is 59.3 Å². The number of methoxy groups -OCH3 is 1. The van der Waals surface area contributed by atoms with Gasteiger partial charge in [0.1, 0.15) is 4.88 Å². The van der Waals surface area contributed by atoms with Gasteiger partial charge in [0.25, 0.3) is 0 Å². The molecule has 0 aliphatic carbocycles. The molecule has 0 saturated carbocycles. The van der Waals surface area contributed by atoms with Gasteiger partial charge < -0.3 is 10.1 Å². The van der Waals surface area contributed by atoms with E-state index in [4.69, 9.17) is 4.74 Å². The minimum Gasteiger partial charge on any atom is -0.465 e. The first-order valence-corrected chi connectivity index (χ1v) is 11.9. The highest BCUT2D eigenvalue weighted by atomic mass is 32.2. The van der Waals surface area contributed by atoms with Gasteiger partial charge in [-0.2, -0.15) is 0 Å². The zero-order valence-electron chi connectivity index (χ0n) is 18.2. The first kappa shape index (κ1) is 22.7. The summed E-state index contributed by atoms with van der Waals surface area (Å²) in [7, 11) is 1.31. The van der Waals surface area contributed by atoms with E-state index in [1.165, 1.54) is 35.8 Å². The molecule has 1 aromatic carbocycles. The number of aromatic nitrogens is 4. The topological polar surface area (TPSA) is 99.0 Å². The lowest BCUT2D eigenvalue weighted by Gasteiger charge is -2.12. The van der Waals surface area contributed by atoms with E-state index < -0.39 is 5.97 Å². The van der Waals surface area contributed by atoms with Gasteiger partial charge in [-0.3, -0.25) is 14.3 Å². The Morgan fingerprint density at radius 2 is 1.88 bits per heavy atom. The maximum absolute atomic E-state index is 12.6. The van der Waals surface area contributed by atoms with Crippen LogP contribution < -0.4 is 5.32 Å². The Balaban J connectivity index is 1.60. The van der Waals surface area contributed by atoms with Crippen molar-refractivity contribution in [2.24, 2.45) is 0 Å². The van der Waals surface area contributed by atoms with E-state index >= 15 is 0 Å². The Bertz CT molecular complexity index is 1300. The maximum Gasteiger partial charge on any atom is 0.350 e. The van der Waals surface area contributed by atoms with Gasteiger partial charge in [0.05, 0.1) is 24.2 Å². The number of hydrogen-bond donors (Lipinski definition) is 1. The van der Waals surface area contributed by atoms with Crippen molar-refractivity contribution in [2.75, 3.05) is 18.2 Å². The number of rotatable bonds is 7. The van der Waals surface area contributed by atoms with Crippen LogP contribution in [-0.4, -0.2) is 44.5 Å². The fraction of sp³-hybridized carbons (Fsp3) is 0.174. The van der Waals surface area contributed by atoms with Crippen molar-refractivity contribution in [1.82, 2.24) is 19.7 Å². The van der Waals surface area contributed by atoms with Crippen LogP contribution in [-0.2, 0) is 9.53 Å². The summed E-state index contributed by atoms with van der Waals surface area (Å²) in [6, 6.07) is 11.5. The smallest absolute Gasteiger partial charge is 0.350 e. The number of benzene rings is 1. The SMILES string of the molecule is COC(=O)c1sccc1NC(=O)CSc1nnc(-c2ccncc2)n1-c1ccc(C)c(C)c1. The molecular weight excluding hydrogens is 458 g/mol. The summed E-state index contributed by atoms with van der Waals surface area (Å²) in [6.45, 7) is 4.11. The lowest BCUT2D eigenvalue weighted by Crippen LogP contribution is -2.16. The number of nitrogens with zero attached hydrogens (tertiary/aromatic N) is 4. The highest BCUT2D eigenvalue weighted by Crippen LogP contribution is 2.29. The number of aryl methyl sites for hydroxylation is 2. The van der Waals surface area contributed by atoms with Crippen LogP contribution >= 0.6 is 23.1 Å². The van der Waals surface area contributed by atoms with Crippen LogP contribution in [0.1, 0.15) is 20.8 Å². The number of anilines is 1. The van der Waals surface area contributed by atoms with E-state index in [1.807, 2.05) is 28.8 Å². The molecule has 0 aliphatic rings. The molecule has 0 spiro atoms. The van der Waals surface area contributed by atoms with Crippen molar-refractivity contribution < 1.29 is 14.3 Å². The third kappa shape index (κ3) is 4.96. The predicted molar refractivity (Wildman–Crippen MR) is 129 cm³/mol. The molecule has 0 aliphatic heterocycles. The van der Waals surface area contributed by atoms with Crippen LogP contribution in [0, 0.1) is 13.8 Å². The van der Waals surface area contributed by atoms with Gasteiger partial charge >= 0.3 is 5.97 Å². The first-order valence-electron chi connectivity index (χ1n) is 10.00. The molecule has 168 valence electrons. The van der Waals surface area contributed by atoms with Crippen LogP contribution in [0.5, 0.6) is 0 Å². The number of nitrogens with one attached hydrogen (secondary N) is 1. The summed E-state index contributed by atoms with van der Waals surface area (Å²) in [5.74, 6) is 0.0120. The fourth-order valence-electron chi connectivity index (χ4n) is 3.12. The first-order chi connectivity index (χ1) is 16.0. The van der Waals surface area contributed by atoms with Crippen molar-refractivity contribution in [1.29, 1.82) is 0 Å². The average molecular weight is 480 g/mol. The molecule has 0 fully saturated rings. The second-order valence-electron chi connectivity index (χ2n) is 7.14. The van der Waals surface area contributed by atoms with E-state index in [0.717, 1.165) is 16.8 Å². The third-order valence-electron chi connectivity index (χ3n) is 4.96. The minimum absolute atomic E-state index is 0.0930. The number of carbonyl (C=O) groups excluding carboxylic acids is 2. The number of thioether (sulfide) groups is 1. The second kappa shape index (κ2) is 9.97. The fourth-order valence-corrected chi connectivity index (χ4v) is 4.64. The number of carbonyl (C=O) groups is 2. The van der Waals surface area contributed by atoms with Crippen molar-refractivity contribution >= 4 is 40.7 Å². The molecule has 8 nitrogen and oxygen atoms in total. The van der Waals surface area contributed by atoms with Gasteiger partial charge in [0.15, 0.2) is 11.0 Å². The van der Waals surface area contributed by atoms with Crippen LogP contribution in [0.3, 0.4) is 0 Å². The average Bonchev–Trinajstić information content (AvgIpc) is 3.46. The Kier molecular flexibility index (Phi) is 6.85. The summed E-state index contributed by atoms with van der Waals surface area (Å²) < 4.78 is 6.70. The number of amides is 1. The zero-order valence-corrected chi connectivity index (χ0v) is 19.9. The van der Waals surface area contributed by atoms with Gasteiger partial charge in [-0.25, -0.2) is 4.79 Å². The zero-order chi connectivity index (χ0) is 23.4. The molecule has 33 heavy (non-hydrogen) atoms. The predicted octanol–water partition coefficient (Wildman–Crippen LogP) is 4.53. The largest absolute Gasteiger partial charge is 0.465 e. The number of thiophene rings is 1. The second-order valence-corrected chi connectivity index (χ2v) is 9.00. The van der Waals surface area contributed by atoms with E-state index in [1.54, 1.807) is 23.8 Å². The number of hydrogen-bond acceptors (Lipinski definition) is 8. The molecule has 1 N–H and O–H groups in total. The molecule has 4 rings (SSSR count). The molecule has 4 aromatic rings. The minimum atomic E-state index is -0.482. The molecule has 3 heterocycles. The molecule has 3 aromatic heterocycles. The lowest BCUT2D eigenvalue weighted by atomic mass is 10.1. The van der Waals surface area contributed by atoms with E-state index in [9.17, 15) is 9.59 Å². The Morgan fingerprint density at radius 1 is 1.09 bits per heavy atom.